The van der Waals surface area contributed by atoms with Crippen molar-refractivity contribution in [3.8, 4) is 0 Å². The van der Waals surface area contributed by atoms with Crippen molar-refractivity contribution < 1.29 is 17.6 Å². The quantitative estimate of drug-likeness (QED) is 0.689. The second-order valence-corrected chi connectivity index (χ2v) is 8.77. The summed E-state index contributed by atoms with van der Waals surface area (Å²) < 4.78 is 41.0. The summed E-state index contributed by atoms with van der Waals surface area (Å²) in [5.74, 6) is -1.35. The maximum absolute atomic E-state index is 14.0. The van der Waals surface area contributed by atoms with Crippen LogP contribution in [0.1, 0.15) is 47.5 Å². The third-order valence-corrected chi connectivity index (χ3v) is 4.98. The Bertz CT molecular complexity index is 716. The van der Waals surface area contributed by atoms with Gasteiger partial charge in [-0.15, -0.1) is 12.4 Å². The molecule has 144 valence electrons. The highest BCUT2D eigenvalue weighted by molar-refractivity contribution is 7.89. The van der Waals surface area contributed by atoms with Crippen molar-refractivity contribution in [3.63, 3.8) is 0 Å². The molecule has 0 saturated heterocycles. The molecule has 6 nitrogen and oxygen atoms in total. The highest BCUT2D eigenvalue weighted by Gasteiger charge is 2.29. The first-order valence-corrected chi connectivity index (χ1v) is 9.21. The molecule has 0 aliphatic rings. The van der Waals surface area contributed by atoms with Crippen molar-refractivity contribution >= 4 is 34.0 Å². The highest BCUT2D eigenvalue weighted by atomic mass is 35.5. The molecule has 0 fully saturated rings. The van der Waals surface area contributed by atoms with E-state index in [1.54, 1.807) is 27.7 Å². The van der Waals surface area contributed by atoms with E-state index in [1.165, 1.54) is 6.07 Å². The van der Waals surface area contributed by atoms with Gasteiger partial charge in [-0.05, 0) is 52.3 Å². The number of carbonyl (C=O) groups excluding carboxylic acids is 1. The third kappa shape index (κ3) is 6.89. The fraction of sp³-hybridized carbons (Fsp3) is 0.562. The summed E-state index contributed by atoms with van der Waals surface area (Å²) in [4.78, 5) is 11.7. The van der Waals surface area contributed by atoms with Gasteiger partial charge in [-0.2, -0.15) is 0 Å². The summed E-state index contributed by atoms with van der Waals surface area (Å²) >= 11 is 0. The molecular formula is C16H27ClFN3O3S. The van der Waals surface area contributed by atoms with Crippen molar-refractivity contribution in [2.24, 2.45) is 5.73 Å². The maximum Gasteiger partial charge on any atom is 0.244 e. The van der Waals surface area contributed by atoms with E-state index in [1.807, 2.05) is 6.92 Å². The van der Waals surface area contributed by atoms with Crippen LogP contribution in [0, 0.1) is 5.82 Å². The predicted octanol–water partition coefficient (Wildman–Crippen LogP) is 2.78. The number of hydrogen-bond acceptors (Lipinski definition) is 4. The molecule has 1 amide bonds. The summed E-state index contributed by atoms with van der Waals surface area (Å²) in [6.07, 6.45) is 1.19. The fourth-order valence-corrected chi connectivity index (χ4v) is 3.67. The zero-order valence-electron chi connectivity index (χ0n) is 15.1. The molecular weight excluding hydrogens is 369 g/mol. The molecule has 0 saturated carbocycles. The molecule has 9 heteroatoms. The van der Waals surface area contributed by atoms with Gasteiger partial charge < -0.3 is 11.1 Å². The maximum atomic E-state index is 14.0. The lowest BCUT2D eigenvalue weighted by molar-refractivity contribution is -0.120. The van der Waals surface area contributed by atoms with E-state index < -0.39 is 37.7 Å². The van der Waals surface area contributed by atoms with Gasteiger partial charge in [0, 0.05) is 11.2 Å². The lowest BCUT2D eigenvalue weighted by Gasteiger charge is -2.23. The van der Waals surface area contributed by atoms with Gasteiger partial charge in [0.05, 0.1) is 5.54 Å². The lowest BCUT2D eigenvalue weighted by atomic mass is 9.96. The number of halogens is 2. The summed E-state index contributed by atoms with van der Waals surface area (Å²) in [6, 6.07) is 3.38. The molecule has 0 radical (unpaired) electrons. The van der Waals surface area contributed by atoms with E-state index in [-0.39, 0.29) is 18.1 Å². The number of sulfonamides is 1. The smallest absolute Gasteiger partial charge is 0.244 e. The van der Waals surface area contributed by atoms with Gasteiger partial charge in [0.2, 0.25) is 15.9 Å². The van der Waals surface area contributed by atoms with Crippen LogP contribution >= 0.6 is 12.4 Å². The normalized spacial score (nSPS) is 14.4. The minimum absolute atomic E-state index is 0. The molecule has 0 bridgehead atoms. The van der Waals surface area contributed by atoms with Crippen molar-refractivity contribution in [3.05, 3.63) is 24.0 Å². The Balaban J connectivity index is 0.00000576. The van der Waals surface area contributed by atoms with Crippen LogP contribution < -0.4 is 15.8 Å². The standard InChI is InChI=1S/C16H26FN3O3S.ClH/c1-6-9-16(5,18)14(21)19-11-7-8-12(17)13(10-11)24(22,23)20-15(2,3)4;/h7-8,10,20H,6,9,18H2,1-5H3,(H,19,21);1H. The number of hydrogen-bond donors (Lipinski definition) is 3. The molecule has 4 N–H and O–H groups in total. The van der Waals surface area contributed by atoms with E-state index >= 15 is 0 Å². The molecule has 1 atom stereocenters. The first-order chi connectivity index (χ1) is 10.8. The largest absolute Gasteiger partial charge is 0.324 e. The molecule has 1 unspecified atom stereocenters. The molecule has 0 heterocycles. The Morgan fingerprint density at radius 1 is 1.24 bits per heavy atom. The molecule has 1 aromatic carbocycles. The molecule has 1 aromatic rings. The fourth-order valence-electron chi connectivity index (χ4n) is 2.15. The lowest BCUT2D eigenvalue weighted by Crippen LogP contribution is -2.48. The SMILES string of the molecule is CCCC(C)(N)C(=O)Nc1ccc(F)c(S(=O)(=O)NC(C)(C)C)c1.Cl. The second kappa shape index (κ2) is 8.44. The number of amides is 1. The first kappa shape index (κ1) is 23.8. The van der Waals surface area contributed by atoms with Crippen LogP contribution in [-0.4, -0.2) is 25.4 Å². The van der Waals surface area contributed by atoms with E-state index in [0.717, 1.165) is 18.6 Å². The topological polar surface area (TPSA) is 101 Å². The van der Waals surface area contributed by atoms with E-state index in [2.05, 4.69) is 10.0 Å². The predicted molar refractivity (Wildman–Crippen MR) is 99.9 cm³/mol. The second-order valence-electron chi connectivity index (χ2n) is 7.12. The van der Waals surface area contributed by atoms with Crippen molar-refractivity contribution in [1.29, 1.82) is 0 Å². The van der Waals surface area contributed by atoms with Gasteiger partial charge in [-0.3, -0.25) is 4.79 Å². The zero-order chi connectivity index (χ0) is 18.8. The van der Waals surface area contributed by atoms with E-state index in [4.69, 9.17) is 5.73 Å². The van der Waals surface area contributed by atoms with Gasteiger partial charge in [0.1, 0.15) is 10.7 Å². The Hall–Kier alpha value is -1.22. The van der Waals surface area contributed by atoms with Crippen molar-refractivity contribution in [2.45, 2.75) is 63.4 Å². The molecule has 25 heavy (non-hydrogen) atoms. The average Bonchev–Trinajstić information content (AvgIpc) is 2.37. The number of carbonyl (C=O) groups is 1. The van der Waals surface area contributed by atoms with Gasteiger partial charge >= 0.3 is 0 Å². The number of benzene rings is 1. The van der Waals surface area contributed by atoms with Gasteiger partial charge in [0.25, 0.3) is 0 Å². The van der Waals surface area contributed by atoms with Gasteiger partial charge in [-0.1, -0.05) is 13.3 Å². The summed E-state index contributed by atoms with van der Waals surface area (Å²) in [5.41, 5.74) is 4.25. The number of anilines is 1. The summed E-state index contributed by atoms with van der Waals surface area (Å²) in [6.45, 7) is 8.45. The third-order valence-electron chi connectivity index (χ3n) is 3.21. The minimum Gasteiger partial charge on any atom is -0.324 e. The Kier molecular flexibility index (Phi) is 8.03. The molecule has 0 aliphatic heterocycles. The molecule has 1 rings (SSSR count). The first-order valence-electron chi connectivity index (χ1n) is 7.72. The minimum atomic E-state index is -4.06. The van der Waals surface area contributed by atoms with Crippen LogP contribution in [-0.2, 0) is 14.8 Å². The van der Waals surface area contributed by atoms with Crippen LogP contribution in [0.4, 0.5) is 10.1 Å². The summed E-state index contributed by atoms with van der Waals surface area (Å²) in [5, 5.41) is 2.55. The van der Waals surface area contributed by atoms with E-state index in [0.29, 0.717) is 6.42 Å². The number of nitrogens with one attached hydrogen (secondary N) is 2. The molecule has 0 aromatic heterocycles. The number of nitrogens with two attached hydrogens (primary N) is 1. The monoisotopic (exact) mass is 395 g/mol. The van der Waals surface area contributed by atoms with Crippen LogP contribution in [0.5, 0.6) is 0 Å². The van der Waals surface area contributed by atoms with Crippen LogP contribution in [0.2, 0.25) is 0 Å². The molecule has 0 spiro atoms. The van der Waals surface area contributed by atoms with Gasteiger partial charge in [-0.25, -0.2) is 17.5 Å². The van der Waals surface area contributed by atoms with Crippen LogP contribution in [0.25, 0.3) is 0 Å². The molecule has 0 aliphatic carbocycles. The Morgan fingerprint density at radius 3 is 2.28 bits per heavy atom. The Morgan fingerprint density at radius 2 is 1.80 bits per heavy atom. The Labute approximate surface area is 155 Å². The highest BCUT2D eigenvalue weighted by Crippen LogP contribution is 2.22. The van der Waals surface area contributed by atoms with E-state index in [9.17, 15) is 17.6 Å². The summed E-state index contributed by atoms with van der Waals surface area (Å²) in [7, 11) is -4.06. The number of rotatable bonds is 6. The van der Waals surface area contributed by atoms with Crippen LogP contribution in [0.3, 0.4) is 0 Å². The van der Waals surface area contributed by atoms with Crippen molar-refractivity contribution in [2.75, 3.05) is 5.32 Å². The zero-order valence-corrected chi connectivity index (χ0v) is 16.8. The van der Waals surface area contributed by atoms with Gasteiger partial charge in [0.15, 0.2) is 0 Å². The van der Waals surface area contributed by atoms with Crippen LogP contribution in [0.15, 0.2) is 23.1 Å². The average molecular weight is 396 g/mol. The van der Waals surface area contributed by atoms with Crippen molar-refractivity contribution in [1.82, 2.24) is 4.72 Å².